The van der Waals surface area contributed by atoms with Crippen LogP contribution in [0.15, 0.2) is 23.4 Å². The van der Waals surface area contributed by atoms with Crippen LogP contribution in [0.3, 0.4) is 0 Å². The molecule has 0 atom stereocenters. The monoisotopic (exact) mass is 274 g/mol. The van der Waals surface area contributed by atoms with E-state index in [4.69, 9.17) is 0 Å². The van der Waals surface area contributed by atoms with E-state index in [1.807, 2.05) is 6.92 Å². The van der Waals surface area contributed by atoms with Crippen LogP contribution in [-0.2, 0) is 10.0 Å². The highest BCUT2D eigenvalue weighted by molar-refractivity contribution is 7.89. The van der Waals surface area contributed by atoms with Gasteiger partial charge in [0.2, 0.25) is 10.0 Å². The van der Waals surface area contributed by atoms with Crippen molar-refractivity contribution >= 4 is 10.0 Å². The normalized spacial score (nSPS) is 19.5. The average molecular weight is 274 g/mol. The molecule has 1 fully saturated rings. The molecule has 1 aliphatic rings. The van der Waals surface area contributed by atoms with E-state index in [0.717, 1.165) is 29.2 Å². The van der Waals surface area contributed by atoms with Gasteiger partial charge in [0, 0.05) is 19.3 Å². The van der Waals surface area contributed by atoms with Crippen molar-refractivity contribution in [3.63, 3.8) is 0 Å². The van der Waals surface area contributed by atoms with Crippen LogP contribution >= 0.6 is 0 Å². The maximum atomic E-state index is 13.0. The lowest BCUT2D eigenvalue weighted by Crippen LogP contribution is -2.63. The number of halogens is 1. The molecule has 0 saturated carbocycles. The van der Waals surface area contributed by atoms with Crippen molar-refractivity contribution in [1.29, 1.82) is 0 Å². The summed E-state index contributed by atoms with van der Waals surface area (Å²) in [5.74, 6) is -0.694. The number of aliphatic hydroxyl groups is 1. The fraction of sp³-hybridized carbons (Fsp3) is 0.545. The summed E-state index contributed by atoms with van der Waals surface area (Å²) in [5.41, 5.74) is -0.942. The summed E-state index contributed by atoms with van der Waals surface area (Å²) in [6, 6.07) is 0.930. The molecule has 1 aromatic rings. The minimum absolute atomic E-state index is 0.0552. The maximum absolute atomic E-state index is 13.0. The Hall–Kier alpha value is -1.05. The Kier molecular flexibility index (Phi) is 3.39. The van der Waals surface area contributed by atoms with E-state index in [1.165, 1.54) is 0 Å². The molecule has 0 unspecified atom stereocenters. The van der Waals surface area contributed by atoms with Crippen molar-refractivity contribution in [2.45, 2.75) is 30.3 Å². The first-order chi connectivity index (χ1) is 8.37. The Bertz CT molecular complexity index is 541. The SMILES string of the molecule is CCCC1(O)CN(S(=O)(=O)c2cncc(F)c2)C1. The first-order valence-electron chi connectivity index (χ1n) is 5.70. The van der Waals surface area contributed by atoms with Gasteiger partial charge in [-0.3, -0.25) is 4.98 Å². The van der Waals surface area contributed by atoms with Crippen molar-refractivity contribution < 1.29 is 17.9 Å². The van der Waals surface area contributed by atoms with E-state index >= 15 is 0 Å². The van der Waals surface area contributed by atoms with Crippen LogP contribution in [-0.4, -0.2) is 41.5 Å². The highest BCUT2D eigenvalue weighted by atomic mass is 32.2. The predicted molar refractivity (Wildman–Crippen MR) is 62.8 cm³/mol. The van der Waals surface area contributed by atoms with Gasteiger partial charge in [0.1, 0.15) is 10.7 Å². The lowest BCUT2D eigenvalue weighted by Gasteiger charge is -2.45. The molecule has 0 spiro atoms. The second-order valence-electron chi connectivity index (χ2n) is 4.59. The Labute approximate surface area is 105 Å². The fourth-order valence-corrected chi connectivity index (χ4v) is 3.66. The van der Waals surface area contributed by atoms with Gasteiger partial charge in [0.25, 0.3) is 0 Å². The third kappa shape index (κ3) is 2.38. The summed E-state index contributed by atoms with van der Waals surface area (Å²) in [6.07, 6.45) is 3.39. The number of hydrogen-bond acceptors (Lipinski definition) is 4. The van der Waals surface area contributed by atoms with Crippen LogP contribution in [0, 0.1) is 5.82 Å². The number of β-amino-alcohol motifs (C(OH)–C–C–N with tert-alkyl or cyclic N) is 1. The highest BCUT2D eigenvalue weighted by Crippen LogP contribution is 2.31. The van der Waals surface area contributed by atoms with E-state index < -0.39 is 21.4 Å². The van der Waals surface area contributed by atoms with Crippen LogP contribution in [0.2, 0.25) is 0 Å². The molecule has 18 heavy (non-hydrogen) atoms. The predicted octanol–water partition coefficient (Wildman–Crippen LogP) is 0.756. The zero-order chi connectivity index (χ0) is 13.4. The molecule has 1 aliphatic heterocycles. The first kappa shape index (κ1) is 13.4. The molecule has 2 rings (SSSR count). The van der Waals surface area contributed by atoms with Crippen LogP contribution in [0.25, 0.3) is 0 Å². The molecule has 1 N–H and O–H groups in total. The topological polar surface area (TPSA) is 70.5 Å². The van der Waals surface area contributed by atoms with Crippen molar-refractivity contribution in [2.75, 3.05) is 13.1 Å². The van der Waals surface area contributed by atoms with Gasteiger partial charge < -0.3 is 5.11 Å². The molecular formula is C11H15FN2O3S. The van der Waals surface area contributed by atoms with Gasteiger partial charge in [0.05, 0.1) is 11.8 Å². The standard InChI is InChI=1S/C11H15FN2O3S/c1-2-3-11(15)7-14(8-11)18(16,17)10-4-9(12)5-13-6-10/h4-6,15H,2-3,7-8H2,1H3. The molecule has 0 radical (unpaired) electrons. The number of sulfonamides is 1. The van der Waals surface area contributed by atoms with Gasteiger partial charge in [-0.15, -0.1) is 0 Å². The summed E-state index contributed by atoms with van der Waals surface area (Å²) in [5, 5.41) is 9.95. The van der Waals surface area contributed by atoms with Gasteiger partial charge in [-0.25, -0.2) is 12.8 Å². The summed E-state index contributed by atoms with van der Waals surface area (Å²) in [7, 11) is -3.74. The molecule has 0 bridgehead atoms. The van der Waals surface area contributed by atoms with E-state index in [2.05, 4.69) is 4.98 Å². The van der Waals surface area contributed by atoms with Crippen molar-refractivity contribution in [3.8, 4) is 0 Å². The Morgan fingerprint density at radius 3 is 2.72 bits per heavy atom. The van der Waals surface area contributed by atoms with Crippen molar-refractivity contribution in [3.05, 3.63) is 24.3 Å². The lowest BCUT2D eigenvalue weighted by atomic mass is 9.92. The summed E-state index contributed by atoms with van der Waals surface area (Å²) >= 11 is 0. The van der Waals surface area contributed by atoms with Crippen LogP contribution in [0.4, 0.5) is 4.39 Å². The molecule has 2 heterocycles. The van der Waals surface area contributed by atoms with Gasteiger partial charge in [-0.1, -0.05) is 13.3 Å². The van der Waals surface area contributed by atoms with E-state index in [-0.39, 0.29) is 18.0 Å². The minimum Gasteiger partial charge on any atom is -0.387 e. The van der Waals surface area contributed by atoms with E-state index in [0.29, 0.717) is 6.42 Å². The zero-order valence-corrected chi connectivity index (χ0v) is 10.8. The smallest absolute Gasteiger partial charge is 0.244 e. The number of aromatic nitrogens is 1. The quantitative estimate of drug-likeness (QED) is 0.880. The van der Waals surface area contributed by atoms with Gasteiger partial charge >= 0.3 is 0 Å². The maximum Gasteiger partial charge on any atom is 0.244 e. The van der Waals surface area contributed by atoms with Crippen LogP contribution in [0.1, 0.15) is 19.8 Å². The third-order valence-corrected chi connectivity index (χ3v) is 4.73. The summed E-state index contributed by atoms with van der Waals surface area (Å²) in [6.45, 7) is 2.03. The van der Waals surface area contributed by atoms with Crippen LogP contribution < -0.4 is 0 Å². The zero-order valence-electron chi connectivity index (χ0n) is 10.0. The first-order valence-corrected chi connectivity index (χ1v) is 7.14. The molecule has 1 saturated heterocycles. The van der Waals surface area contributed by atoms with E-state index in [9.17, 15) is 17.9 Å². The van der Waals surface area contributed by atoms with E-state index in [1.54, 1.807) is 0 Å². The van der Waals surface area contributed by atoms with Gasteiger partial charge in [-0.2, -0.15) is 4.31 Å². The molecule has 5 nitrogen and oxygen atoms in total. The van der Waals surface area contributed by atoms with Crippen molar-refractivity contribution in [1.82, 2.24) is 9.29 Å². The third-order valence-electron chi connectivity index (χ3n) is 2.97. The molecule has 0 aliphatic carbocycles. The Balaban J connectivity index is 2.15. The number of rotatable bonds is 4. The van der Waals surface area contributed by atoms with Gasteiger partial charge in [0.15, 0.2) is 0 Å². The number of nitrogens with zero attached hydrogens (tertiary/aromatic N) is 2. The lowest BCUT2D eigenvalue weighted by molar-refractivity contribution is -0.0653. The fourth-order valence-electron chi connectivity index (χ4n) is 2.09. The number of pyridine rings is 1. The largest absolute Gasteiger partial charge is 0.387 e. The molecule has 1 aromatic heterocycles. The minimum atomic E-state index is -3.74. The summed E-state index contributed by atoms with van der Waals surface area (Å²) in [4.78, 5) is 3.34. The second-order valence-corrected chi connectivity index (χ2v) is 6.52. The molecule has 100 valence electrons. The Morgan fingerprint density at radius 1 is 1.50 bits per heavy atom. The average Bonchev–Trinajstić information content (AvgIpc) is 2.26. The molecule has 7 heteroatoms. The Morgan fingerprint density at radius 2 is 2.17 bits per heavy atom. The van der Waals surface area contributed by atoms with Crippen LogP contribution in [0.5, 0.6) is 0 Å². The summed E-state index contributed by atoms with van der Waals surface area (Å²) < 4.78 is 38.2. The molecular weight excluding hydrogens is 259 g/mol. The highest BCUT2D eigenvalue weighted by Gasteiger charge is 2.46. The molecule has 0 aromatic carbocycles. The molecule has 0 amide bonds. The number of hydrogen-bond donors (Lipinski definition) is 1. The van der Waals surface area contributed by atoms with Gasteiger partial charge in [-0.05, 0) is 12.5 Å². The second kappa shape index (κ2) is 4.56. The van der Waals surface area contributed by atoms with Crippen molar-refractivity contribution in [2.24, 2.45) is 0 Å².